The van der Waals surface area contributed by atoms with E-state index in [-0.39, 0.29) is 43.4 Å². The molecule has 3 atom stereocenters. The highest BCUT2D eigenvalue weighted by molar-refractivity contribution is 6.16. The van der Waals surface area contributed by atoms with Gasteiger partial charge >= 0.3 is 18.3 Å². The molecule has 16 heteroatoms. The van der Waals surface area contributed by atoms with E-state index in [0.717, 1.165) is 4.90 Å². The van der Waals surface area contributed by atoms with Gasteiger partial charge in [0, 0.05) is 38.1 Å². The van der Waals surface area contributed by atoms with Crippen LogP contribution in [0.15, 0.2) is 42.5 Å². The molecular weight excluding hydrogens is 676 g/mol. The van der Waals surface area contributed by atoms with Crippen LogP contribution in [0, 0.1) is 17.2 Å². The normalized spacial score (nSPS) is 21.2. The number of imide groups is 1. The SMILES string of the molecule is CC(C)C(NC(=O)c1cc(C(F)(F)F)ccc1F)C(=O)N1CCC2(CC1)C(=O)N(C)C(=O)N2c1ccc(NC2CN(C(=O)O)[C@@H]2C(C)(C)C)cc1. The highest BCUT2D eigenvalue weighted by Gasteiger charge is 2.58. The summed E-state index contributed by atoms with van der Waals surface area (Å²) in [4.78, 5) is 70.7. The molecule has 3 fully saturated rings. The van der Waals surface area contributed by atoms with Gasteiger partial charge < -0.3 is 25.5 Å². The number of piperidine rings is 1. The Bertz CT molecular complexity index is 1720. The number of alkyl halides is 3. The van der Waals surface area contributed by atoms with E-state index in [4.69, 9.17) is 0 Å². The summed E-state index contributed by atoms with van der Waals surface area (Å²) in [5, 5.41) is 15.3. The topological polar surface area (TPSA) is 143 Å². The first-order valence-corrected chi connectivity index (χ1v) is 16.6. The van der Waals surface area contributed by atoms with E-state index in [2.05, 4.69) is 10.6 Å². The summed E-state index contributed by atoms with van der Waals surface area (Å²) >= 11 is 0. The van der Waals surface area contributed by atoms with Crippen LogP contribution < -0.4 is 15.5 Å². The molecule has 3 N–H and O–H groups in total. The van der Waals surface area contributed by atoms with Gasteiger partial charge in [0.15, 0.2) is 0 Å². The van der Waals surface area contributed by atoms with Crippen LogP contribution in [0.25, 0.3) is 0 Å². The van der Waals surface area contributed by atoms with E-state index < -0.39 is 70.5 Å². The Balaban J connectivity index is 1.30. The molecule has 3 aliphatic heterocycles. The third-order valence-corrected chi connectivity index (χ3v) is 9.99. The molecule has 2 unspecified atom stereocenters. The van der Waals surface area contributed by atoms with Crippen molar-refractivity contribution in [1.29, 1.82) is 0 Å². The van der Waals surface area contributed by atoms with Crippen LogP contribution in [-0.2, 0) is 15.8 Å². The van der Waals surface area contributed by atoms with Crippen molar-refractivity contribution in [2.24, 2.45) is 11.3 Å². The van der Waals surface area contributed by atoms with Crippen LogP contribution in [0.4, 0.5) is 38.5 Å². The Kier molecular flexibility index (Phi) is 9.78. The number of urea groups is 1. The van der Waals surface area contributed by atoms with Crippen molar-refractivity contribution >= 4 is 41.2 Å². The number of hydrogen-bond donors (Lipinski definition) is 3. The van der Waals surface area contributed by atoms with Gasteiger partial charge in [0.05, 0.1) is 23.2 Å². The third kappa shape index (κ3) is 6.91. The predicted molar refractivity (Wildman–Crippen MR) is 179 cm³/mol. The Morgan fingerprint density at radius 3 is 2.12 bits per heavy atom. The van der Waals surface area contributed by atoms with E-state index in [9.17, 15) is 46.6 Å². The van der Waals surface area contributed by atoms with E-state index >= 15 is 0 Å². The largest absolute Gasteiger partial charge is 0.465 e. The van der Waals surface area contributed by atoms with Crippen LogP contribution in [0.2, 0.25) is 0 Å². The van der Waals surface area contributed by atoms with Gasteiger partial charge in [-0.1, -0.05) is 34.6 Å². The van der Waals surface area contributed by atoms with Crippen LogP contribution in [0.1, 0.15) is 63.4 Å². The molecule has 0 radical (unpaired) electrons. The second kappa shape index (κ2) is 13.3. The van der Waals surface area contributed by atoms with Crippen molar-refractivity contribution < 1.29 is 46.6 Å². The third-order valence-electron chi connectivity index (χ3n) is 9.99. The Hall–Kier alpha value is -4.89. The Labute approximate surface area is 292 Å². The summed E-state index contributed by atoms with van der Waals surface area (Å²) in [6.07, 6.45) is -5.67. The zero-order valence-electron chi connectivity index (χ0n) is 29.2. The molecular formula is C35H42F4N6O6. The van der Waals surface area contributed by atoms with Gasteiger partial charge in [-0.05, 0) is 66.6 Å². The molecule has 0 saturated carbocycles. The molecule has 2 aromatic carbocycles. The number of hydrogen-bond acceptors (Lipinski definition) is 6. The molecule has 3 saturated heterocycles. The first-order valence-electron chi connectivity index (χ1n) is 16.6. The fraction of sp³-hybridized carbons (Fsp3) is 0.514. The van der Waals surface area contributed by atoms with Gasteiger partial charge in [-0.3, -0.25) is 24.2 Å². The summed E-state index contributed by atoms with van der Waals surface area (Å²) < 4.78 is 54.1. The van der Waals surface area contributed by atoms with Crippen LogP contribution in [0.5, 0.6) is 0 Å². The van der Waals surface area contributed by atoms with Gasteiger partial charge in [0.25, 0.3) is 11.8 Å². The molecule has 12 nitrogen and oxygen atoms in total. The minimum Gasteiger partial charge on any atom is -0.465 e. The minimum absolute atomic E-state index is 0.0226. The molecule has 0 aliphatic carbocycles. The van der Waals surface area contributed by atoms with Crippen molar-refractivity contribution in [1.82, 2.24) is 20.0 Å². The number of carboxylic acid groups (broad SMARTS) is 1. The molecule has 2 aromatic rings. The monoisotopic (exact) mass is 718 g/mol. The number of nitrogens with zero attached hydrogens (tertiary/aromatic N) is 4. The zero-order chi connectivity index (χ0) is 37.8. The van der Waals surface area contributed by atoms with Crippen LogP contribution in [-0.4, -0.2) is 100.0 Å². The summed E-state index contributed by atoms with van der Waals surface area (Å²) in [5.41, 5.74) is -2.52. The maximum Gasteiger partial charge on any atom is 0.416 e. The average Bonchev–Trinajstić information content (AvgIpc) is 3.20. The zero-order valence-corrected chi connectivity index (χ0v) is 29.2. The van der Waals surface area contributed by atoms with Gasteiger partial charge in [-0.2, -0.15) is 13.2 Å². The number of benzene rings is 2. The number of likely N-dealkylation sites (tertiary alicyclic amines) is 2. The van der Waals surface area contributed by atoms with Gasteiger partial charge in [-0.25, -0.2) is 14.0 Å². The highest BCUT2D eigenvalue weighted by Crippen LogP contribution is 2.41. The lowest BCUT2D eigenvalue weighted by molar-refractivity contribution is -0.139. The number of carbonyl (C=O) groups excluding carboxylic acids is 4. The quantitative estimate of drug-likeness (QED) is 0.262. The molecule has 3 heterocycles. The first-order chi connectivity index (χ1) is 23.7. The Morgan fingerprint density at radius 2 is 1.59 bits per heavy atom. The summed E-state index contributed by atoms with van der Waals surface area (Å²) in [5.74, 6) is -3.87. The van der Waals surface area contributed by atoms with Crippen molar-refractivity contribution in [3.63, 3.8) is 0 Å². The molecule has 0 aromatic heterocycles. The molecule has 51 heavy (non-hydrogen) atoms. The molecule has 1 spiro atoms. The van der Waals surface area contributed by atoms with Crippen molar-refractivity contribution in [3.8, 4) is 0 Å². The number of nitrogens with one attached hydrogen (secondary N) is 2. The smallest absolute Gasteiger partial charge is 0.416 e. The number of amides is 6. The number of anilines is 2. The second-order valence-corrected chi connectivity index (χ2v) is 14.8. The molecule has 276 valence electrons. The molecule has 0 bridgehead atoms. The molecule has 6 amide bonds. The minimum atomic E-state index is -4.81. The van der Waals surface area contributed by atoms with Gasteiger partial charge in [-0.15, -0.1) is 0 Å². The lowest BCUT2D eigenvalue weighted by Crippen LogP contribution is -2.69. The Morgan fingerprint density at radius 1 is 0.980 bits per heavy atom. The summed E-state index contributed by atoms with van der Waals surface area (Å²) in [6, 6.07) is 6.22. The first kappa shape index (κ1) is 37.4. The van der Waals surface area contributed by atoms with Crippen molar-refractivity contribution in [3.05, 3.63) is 59.4 Å². The van der Waals surface area contributed by atoms with Crippen molar-refractivity contribution in [2.75, 3.05) is 36.9 Å². The van der Waals surface area contributed by atoms with E-state index in [1.807, 2.05) is 20.8 Å². The molecule has 3 aliphatic rings. The lowest BCUT2D eigenvalue weighted by atomic mass is 9.76. The lowest BCUT2D eigenvalue weighted by Gasteiger charge is -2.53. The van der Waals surface area contributed by atoms with Crippen LogP contribution in [0.3, 0.4) is 0 Å². The van der Waals surface area contributed by atoms with E-state index in [0.29, 0.717) is 36.1 Å². The number of carbonyl (C=O) groups is 5. The van der Waals surface area contributed by atoms with Crippen molar-refractivity contribution in [2.45, 2.75) is 77.3 Å². The predicted octanol–water partition coefficient (Wildman–Crippen LogP) is 5.25. The maximum absolute atomic E-state index is 14.4. The average molecular weight is 719 g/mol. The van der Waals surface area contributed by atoms with E-state index in [1.165, 1.54) is 21.7 Å². The number of halogens is 4. The maximum atomic E-state index is 14.4. The second-order valence-electron chi connectivity index (χ2n) is 14.8. The van der Waals surface area contributed by atoms with Crippen LogP contribution >= 0.6 is 0 Å². The summed E-state index contributed by atoms with van der Waals surface area (Å²) in [7, 11) is 1.38. The van der Waals surface area contributed by atoms with E-state index in [1.54, 1.807) is 38.1 Å². The fourth-order valence-electron chi connectivity index (χ4n) is 7.34. The number of rotatable bonds is 7. The number of likely N-dealkylation sites (N-methyl/N-ethyl adjacent to an activating group) is 1. The van der Waals surface area contributed by atoms with Gasteiger partial charge in [0.2, 0.25) is 5.91 Å². The molecule has 5 rings (SSSR count). The van der Waals surface area contributed by atoms with Gasteiger partial charge in [0.1, 0.15) is 17.4 Å². The summed E-state index contributed by atoms with van der Waals surface area (Å²) in [6.45, 7) is 9.51. The fourth-order valence-corrected chi connectivity index (χ4v) is 7.34. The standard InChI is InChI=1S/C35H42F4N6O6/c1-19(2)26(41-28(46)23-17-20(35(37,38)39)7-12-24(23)36)29(47)43-15-13-34(14-16-43)30(48)42(6)31(49)45(34)22-10-8-21(9-11-22)40-25-18-44(32(50)51)27(25)33(3,4)5/h7-12,17,19,25-27,40H,13-16,18H2,1-6H3,(H,41,46)(H,50,51)/t25?,26?,27-/m0/s1. The highest BCUT2D eigenvalue weighted by atomic mass is 19.4.